The van der Waals surface area contributed by atoms with Crippen molar-refractivity contribution >= 4 is 34.1 Å². The highest BCUT2D eigenvalue weighted by Crippen LogP contribution is 2.31. The van der Waals surface area contributed by atoms with E-state index in [2.05, 4.69) is 0 Å². The second-order valence-electron chi connectivity index (χ2n) is 11.3. The van der Waals surface area contributed by atoms with Crippen molar-refractivity contribution in [1.29, 1.82) is 0 Å². The summed E-state index contributed by atoms with van der Waals surface area (Å²) in [7, 11) is 0. The Bertz CT molecular complexity index is 2180. The van der Waals surface area contributed by atoms with Gasteiger partial charge in [0, 0.05) is 61.5 Å². The number of rotatable bonds is 14. The number of nitrogen functional groups attached to an aromatic ring is 2. The Labute approximate surface area is 323 Å². The van der Waals surface area contributed by atoms with Gasteiger partial charge in [0.25, 0.3) is 11.4 Å². The largest absolute Gasteiger partial charge is 0.490 e. The van der Waals surface area contributed by atoms with Gasteiger partial charge in [-0.3, -0.25) is 40.5 Å². The number of benzene rings is 3. The molecule has 0 bridgehead atoms. The quantitative estimate of drug-likeness (QED) is 0.0627. The van der Waals surface area contributed by atoms with Crippen LogP contribution in [0.3, 0.4) is 0 Å². The van der Waals surface area contributed by atoms with Crippen LogP contribution in [0.4, 0.5) is 38.5 Å². The second-order valence-corrected chi connectivity index (χ2v) is 11.3. The highest BCUT2D eigenvalue weighted by atomic mass is 19.1. The molecule has 20 nitrogen and oxygen atoms in total. The van der Waals surface area contributed by atoms with Gasteiger partial charge in [-0.2, -0.15) is 4.39 Å². The minimum absolute atomic E-state index is 0.0211. The van der Waals surface area contributed by atoms with Gasteiger partial charge in [-0.05, 0) is 66.7 Å². The fraction of sp³-hybridized carbons (Fsp3) is 0.167. The molecule has 0 saturated heterocycles. The van der Waals surface area contributed by atoms with Crippen LogP contribution in [0.2, 0.25) is 0 Å². The first kappa shape index (κ1) is 43.6. The third kappa shape index (κ3) is 14.9. The van der Waals surface area contributed by atoms with Crippen LogP contribution in [0.15, 0.2) is 128 Å². The van der Waals surface area contributed by atoms with E-state index in [-0.39, 0.29) is 24.7 Å². The van der Waals surface area contributed by atoms with Crippen LogP contribution in [-0.4, -0.2) is 58.3 Å². The van der Waals surface area contributed by atoms with Gasteiger partial charge < -0.3 is 39.7 Å². The van der Waals surface area contributed by atoms with Crippen molar-refractivity contribution in [3.8, 4) is 11.5 Å². The Morgan fingerprint density at radius 3 is 1.42 bits per heavy atom. The van der Waals surface area contributed by atoms with E-state index >= 15 is 0 Å². The predicted octanol–water partition coefficient (Wildman–Crippen LogP) is 6.24. The van der Waals surface area contributed by atoms with Gasteiger partial charge in [-0.25, -0.2) is 0 Å². The molecule has 21 heteroatoms. The van der Waals surface area contributed by atoms with E-state index in [0.29, 0.717) is 49.0 Å². The van der Waals surface area contributed by atoms with Crippen molar-refractivity contribution in [2.75, 3.05) is 31.3 Å². The van der Waals surface area contributed by atoms with Crippen LogP contribution in [-0.2, 0) is 19.6 Å². The molecule has 0 unspecified atom stereocenters. The van der Waals surface area contributed by atoms with Gasteiger partial charge in [0.2, 0.25) is 5.82 Å². The van der Waals surface area contributed by atoms with E-state index in [1.165, 1.54) is 12.1 Å². The number of non-ortho nitro benzene ring substituents is 2. The van der Waals surface area contributed by atoms with Crippen LogP contribution in [0, 0.1) is 46.3 Å². The van der Waals surface area contributed by atoms with E-state index in [9.17, 15) is 44.8 Å². The average Bonchev–Trinajstić information content (AvgIpc) is 3.99. The molecule has 5 N–H and O–H groups in total. The first-order valence-electron chi connectivity index (χ1n) is 16.6. The van der Waals surface area contributed by atoms with Crippen molar-refractivity contribution in [1.82, 2.24) is 13.7 Å². The van der Waals surface area contributed by atoms with Gasteiger partial charge in [0.05, 0.1) is 57.2 Å². The molecule has 57 heavy (non-hydrogen) atoms. The number of aromatic nitrogens is 3. The van der Waals surface area contributed by atoms with Crippen molar-refractivity contribution in [2.24, 2.45) is 0 Å². The summed E-state index contributed by atoms with van der Waals surface area (Å²) in [5.41, 5.74) is 10.4. The standard InChI is InChI=1S/C12H11N3O5.C12H15N3O.C6H3FN2O4.C6H9NO/c16-14(17)10-3-4-12(11(9-10)15(18)19)20-8-7-13-5-1-2-6-13;13-10-3-4-12(11(14)9-10)16-8-7-15-5-1-2-6-15;7-5-2-1-4(8(10)11)3-6(5)9(12)13;8-6-5-7-3-1-2-4-7/h1-6,9H,7-8H2;1-6,9H,7-8,13-14H2;1-3H;1-4,8H,5-6H2. The van der Waals surface area contributed by atoms with E-state index in [1.54, 1.807) is 18.2 Å². The summed E-state index contributed by atoms with van der Waals surface area (Å²) in [6, 6.07) is 22.3. The summed E-state index contributed by atoms with van der Waals surface area (Å²) < 4.78 is 29.3. The Balaban J connectivity index is 0.000000213. The number of nitro benzene ring substituents is 4. The van der Waals surface area contributed by atoms with Crippen LogP contribution >= 0.6 is 0 Å². The molecule has 0 saturated carbocycles. The summed E-state index contributed by atoms with van der Waals surface area (Å²) in [5, 5.41) is 50.2. The summed E-state index contributed by atoms with van der Waals surface area (Å²) in [6.45, 7) is 3.07. The first-order valence-corrected chi connectivity index (χ1v) is 16.6. The fourth-order valence-electron chi connectivity index (χ4n) is 4.53. The number of nitrogens with zero attached hydrogens (tertiary/aromatic N) is 7. The first-order chi connectivity index (χ1) is 27.3. The number of halogens is 1. The summed E-state index contributed by atoms with van der Waals surface area (Å²) in [6.07, 6.45) is 11.5. The topological polar surface area (TPSA) is 278 Å². The molecule has 0 spiro atoms. The molecule has 0 fully saturated rings. The molecule has 6 aromatic rings. The second kappa shape index (κ2) is 22.4. The zero-order valence-electron chi connectivity index (χ0n) is 30.1. The number of anilines is 2. The van der Waals surface area contributed by atoms with Gasteiger partial charge in [-0.15, -0.1) is 0 Å². The highest BCUT2D eigenvalue weighted by Gasteiger charge is 2.21. The van der Waals surface area contributed by atoms with Crippen LogP contribution < -0.4 is 20.9 Å². The summed E-state index contributed by atoms with van der Waals surface area (Å²) in [4.78, 5) is 38.5. The molecule has 3 aromatic carbocycles. The highest BCUT2D eigenvalue weighted by molar-refractivity contribution is 5.60. The van der Waals surface area contributed by atoms with Crippen molar-refractivity contribution in [3.05, 3.63) is 174 Å². The van der Waals surface area contributed by atoms with Crippen molar-refractivity contribution in [3.63, 3.8) is 0 Å². The Morgan fingerprint density at radius 2 is 0.982 bits per heavy atom. The lowest BCUT2D eigenvalue weighted by atomic mass is 10.2. The predicted molar refractivity (Wildman–Crippen MR) is 206 cm³/mol. The monoisotopic (exact) mass is 791 g/mol. The molecular weight excluding hydrogens is 753 g/mol. The minimum Gasteiger partial charge on any atom is -0.490 e. The fourth-order valence-corrected chi connectivity index (χ4v) is 4.53. The van der Waals surface area contributed by atoms with Gasteiger partial charge in [0.1, 0.15) is 19.0 Å². The molecule has 0 radical (unpaired) electrons. The molecule has 0 amide bonds. The minimum atomic E-state index is -1.09. The lowest BCUT2D eigenvalue weighted by Gasteiger charge is -2.09. The number of nitrogens with two attached hydrogens (primary N) is 2. The molecule has 0 aliphatic rings. The maximum atomic E-state index is 12.6. The smallest absolute Gasteiger partial charge is 0.317 e. The maximum Gasteiger partial charge on any atom is 0.317 e. The number of nitro groups is 4. The van der Waals surface area contributed by atoms with Gasteiger partial charge in [-0.1, -0.05) is 0 Å². The molecule has 0 aliphatic carbocycles. The third-order valence-corrected chi connectivity index (χ3v) is 7.29. The Kier molecular flexibility index (Phi) is 17.1. The molecule has 3 heterocycles. The van der Waals surface area contributed by atoms with E-state index in [0.717, 1.165) is 18.7 Å². The zero-order valence-corrected chi connectivity index (χ0v) is 30.1. The van der Waals surface area contributed by atoms with E-state index < -0.39 is 42.6 Å². The maximum absolute atomic E-state index is 12.6. The lowest BCUT2D eigenvalue weighted by Crippen LogP contribution is -2.07. The summed E-state index contributed by atoms with van der Waals surface area (Å²) in [5.74, 6) is -0.385. The van der Waals surface area contributed by atoms with E-state index in [4.69, 9.17) is 26.0 Å². The van der Waals surface area contributed by atoms with E-state index in [1.807, 2.05) is 87.3 Å². The van der Waals surface area contributed by atoms with Crippen LogP contribution in [0.1, 0.15) is 0 Å². The lowest BCUT2D eigenvalue weighted by molar-refractivity contribution is -0.395. The van der Waals surface area contributed by atoms with Crippen molar-refractivity contribution < 1.29 is 38.7 Å². The number of hydrogen-bond donors (Lipinski definition) is 3. The molecule has 0 aliphatic heterocycles. The Morgan fingerprint density at radius 1 is 0.561 bits per heavy atom. The summed E-state index contributed by atoms with van der Waals surface area (Å²) >= 11 is 0. The molecule has 300 valence electrons. The van der Waals surface area contributed by atoms with Crippen molar-refractivity contribution in [2.45, 2.75) is 19.6 Å². The molecular formula is C36H38FN9O11. The average molecular weight is 792 g/mol. The SMILES string of the molecule is Nc1ccc(OCCn2cccc2)c(N)c1.O=[N+]([O-])c1ccc(F)c([N+](=O)[O-])c1.O=[N+]([O-])c1ccc(OCCn2cccc2)c([N+](=O)[O-])c1.OCCn1cccc1. The molecule has 3 aromatic heterocycles. The Hall–Kier alpha value is -7.81. The number of ether oxygens (including phenoxy) is 2. The van der Waals surface area contributed by atoms with Crippen LogP contribution in [0.25, 0.3) is 0 Å². The normalized spacial score (nSPS) is 10.0. The number of hydrogen-bond acceptors (Lipinski definition) is 13. The molecule has 0 atom stereocenters. The third-order valence-electron chi connectivity index (χ3n) is 7.29. The zero-order chi connectivity index (χ0) is 41.7. The van der Waals surface area contributed by atoms with Gasteiger partial charge >= 0.3 is 11.4 Å². The van der Waals surface area contributed by atoms with Gasteiger partial charge in [0.15, 0.2) is 5.75 Å². The number of aliphatic hydroxyl groups is 1. The number of aliphatic hydroxyl groups excluding tert-OH is 1. The molecule has 6 rings (SSSR count). The van der Waals surface area contributed by atoms with Crippen LogP contribution in [0.5, 0.6) is 11.5 Å².